The second-order valence-corrected chi connectivity index (χ2v) is 6.88. The van der Waals surface area contributed by atoms with E-state index in [1.165, 1.54) is 12.3 Å². The Morgan fingerprint density at radius 3 is 2.75 bits per heavy atom. The lowest BCUT2D eigenvalue weighted by Crippen LogP contribution is -2.28. The summed E-state index contributed by atoms with van der Waals surface area (Å²) in [6, 6.07) is 6.55. The molecule has 1 aliphatic rings. The molecule has 0 aliphatic carbocycles. The number of hydrogen-bond donors (Lipinski definition) is 1. The van der Waals surface area contributed by atoms with Gasteiger partial charge in [-0.15, -0.1) is 0 Å². The molecule has 0 amide bonds. The first-order valence-corrected chi connectivity index (χ1v) is 9.28. The third-order valence-corrected chi connectivity index (χ3v) is 5.03. The van der Waals surface area contributed by atoms with Crippen LogP contribution in [-0.4, -0.2) is 32.9 Å². The number of benzene rings is 1. The fourth-order valence-corrected chi connectivity index (χ4v) is 3.46. The lowest BCUT2D eigenvalue weighted by atomic mass is 10.0. The zero-order chi connectivity index (χ0) is 19.7. The van der Waals surface area contributed by atoms with Gasteiger partial charge in [0.15, 0.2) is 5.82 Å². The molecule has 1 aromatic carbocycles. The quantitative estimate of drug-likeness (QED) is 0.751. The van der Waals surface area contributed by atoms with Crippen molar-refractivity contribution in [1.29, 1.82) is 0 Å². The molecule has 0 atom stereocenters. The first-order chi connectivity index (χ1) is 13.5. The molecule has 1 aliphatic heterocycles. The van der Waals surface area contributed by atoms with Crippen LogP contribution in [0.5, 0.6) is 0 Å². The minimum Gasteiger partial charge on any atom is -0.317 e. The maximum absolute atomic E-state index is 14.9. The summed E-state index contributed by atoms with van der Waals surface area (Å²) < 4.78 is 27.9. The van der Waals surface area contributed by atoms with Crippen LogP contribution in [0, 0.1) is 11.6 Å². The predicted octanol–water partition coefficient (Wildman–Crippen LogP) is 3.45. The van der Waals surface area contributed by atoms with Crippen LogP contribution in [0.2, 0.25) is 0 Å². The summed E-state index contributed by atoms with van der Waals surface area (Å²) in [6.07, 6.45) is 4.51. The molecule has 144 valence electrons. The Kier molecular flexibility index (Phi) is 5.00. The highest BCUT2D eigenvalue weighted by molar-refractivity contribution is 5.75. The third kappa shape index (κ3) is 3.57. The third-order valence-electron chi connectivity index (χ3n) is 5.03. The smallest absolute Gasteiger partial charge is 0.270 e. The molecule has 0 bridgehead atoms. The van der Waals surface area contributed by atoms with Gasteiger partial charge in [0, 0.05) is 25.2 Å². The Balaban J connectivity index is 1.53. The highest BCUT2D eigenvalue weighted by Crippen LogP contribution is 2.24. The maximum Gasteiger partial charge on any atom is 0.270 e. The van der Waals surface area contributed by atoms with Gasteiger partial charge in [-0.3, -0.25) is 14.7 Å². The zero-order valence-corrected chi connectivity index (χ0v) is 15.5. The van der Waals surface area contributed by atoms with Crippen LogP contribution in [0.25, 0.3) is 16.6 Å². The summed E-state index contributed by atoms with van der Waals surface area (Å²) in [6.45, 7) is 3.66. The lowest BCUT2D eigenvalue weighted by Gasteiger charge is -2.26. The van der Waals surface area contributed by atoms with Gasteiger partial charge < -0.3 is 4.98 Å². The molecule has 0 saturated carbocycles. The van der Waals surface area contributed by atoms with E-state index in [-0.39, 0.29) is 16.9 Å². The van der Waals surface area contributed by atoms with Crippen LogP contribution in [0.4, 0.5) is 8.78 Å². The van der Waals surface area contributed by atoms with E-state index in [1.807, 2.05) is 13.0 Å². The number of rotatable bonds is 4. The SMILES string of the molecule is CCc1nc2ccc(CN3CC=C(c4ccc(F)cn4)CC3)c(F)c2[nH]c1=O. The number of pyridine rings is 1. The van der Waals surface area contributed by atoms with Gasteiger partial charge in [0.25, 0.3) is 5.56 Å². The molecule has 0 spiro atoms. The van der Waals surface area contributed by atoms with Crippen LogP contribution in [-0.2, 0) is 13.0 Å². The molecule has 1 N–H and O–H groups in total. The van der Waals surface area contributed by atoms with Crippen molar-refractivity contribution in [2.24, 2.45) is 0 Å². The summed E-state index contributed by atoms with van der Waals surface area (Å²) in [5.74, 6) is -0.785. The van der Waals surface area contributed by atoms with E-state index < -0.39 is 5.82 Å². The first-order valence-electron chi connectivity index (χ1n) is 9.28. The average Bonchev–Trinajstić information content (AvgIpc) is 2.71. The topological polar surface area (TPSA) is 61.9 Å². The van der Waals surface area contributed by atoms with Gasteiger partial charge in [-0.2, -0.15) is 0 Å². The summed E-state index contributed by atoms with van der Waals surface area (Å²) in [4.78, 5) is 25.1. The maximum atomic E-state index is 14.9. The number of hydrogen-bond acceptors (Lipinski definition) is 4. The van der Waals surface area contributed by atoms with Gasteiger partial charge in [-0.25, -0.2) is 13.8 Å². The van der Waals surface area contributed by atoms with Crippen LogP contribution in [0.1, 0.15) is 30.3 Å². The molecule has 4 rings (SSSR count). The second-order valence-electron chi connectivity index (χ2n) is 6.88. The molecule has 0 saturated heterocycles. The monoisotopic (exact) mass is 382 g/mol. The average molecular weight is 382 g/mol. The number of H-pyrrole nitrogens is 1. The normalized spacial score (nSPS) is 15.0. The molecular formula is C21H20F2N4O. The van der Waals surface area contributed by atoms with Crippen LogP contribution in [0.15, 0.2) is 41.3 Å². The number of aromatic nitrogens is 3. The highest BCUT2D eigenvalue weighted by Gasteiger charge is 2.17. The van der Waals surface area contributed by atoms with Crippen molar-refractivity contribution in [3.05, 3.63) is 75.5 Å². The molecule has 0 fully saturated rings. The van der Waals surface area contributed by atoms with Crippen LogP contribution < -0.4 is 5.56 Å². The Morgan fingerprint density at radius 2 is 2.07 bits per heavy atom. The Hall–Kier alpha value is -2.93. The molecule has 28 heavy (non-hydrogen) atoms. The van der Waals surface area contributed by atoms with E-state index in [2.05, 4.69) is 19.9 Å². The first kappa shape index (κ1) is 18.4. The second kappa shape index (κ2) is 7.59. The Bertz CT molecular complexity index is 1110. The predicted molar refractivity (Wildman–Crippen MR) is 104 cm³/mol. The Morgan fingerprint density at radius 1 is 1.21 bits per heavy atom. The molecule has 0 radical (unpaired) electrons. The van der Waals surface area contributed by atoms with E-state index in [4.69, 9.17) is 0 Å². The zero-order valence-electron chi connectivity index (χ0n) is 15.5. The number of fused-ring (bicyclic) bond motifs is 1. The summed E-state index contributed by atoms with van der Waals surface area (Å²) in [5, 5.41) is 0. The highest BCUT2D eigenvalue weighted by atomic mass is 19.1. The standard InChI is InChI=1S/C21H20F2N4O/c1-2-16-21(28)26-20-18(25-16)5-3-14(19(20)23)12-27-9-7-13(8-10-27)17-6-4-15(22)11-24-17/h3-7,11H,2,8-10,12H2,1H3,(H,26,28). The van der Waals surface area contributed by atoms with Gasteiger partial charge in [0.05, 0.1) is 17.4 Å². The summed E-state index contributed by atoms with van der Waals surface area (Å²) >= 11 is 0. The van der Waals surface area contributed by atoms with Crippen molar-refractivity contribution in [2.45, 2.75) is 26.3 Å². The van der Waals surface area contributed by atoms with Gasteiger partial charge in [0.2, 0.25) is 0 Å². The number of halogens is 2. The van der Waals surface area contributed by atoms with Gasteiger partial charge in [-0.05, 0) is 36.6 Å². The fourth-order valence-electron chi connectivity index (χ4n) is 3.46. The molecule has 2 aromatic heterocycles. The van der Waals surface area contributed by atoms with Crippen molar-refractivity contribution in [3.8, 4) is 0 Å². The number of aromatic amines is 1. The minimum absolute atomic E-state index is 0.156. The van der Waals surface area contributed by atoms with Crippen molar-refractivity contribution in [1.82, 2.24) is 19.9 Å². The van der Waals surface area contributed by atoms with E-state index in [9.17, 15) is 13.6 Å². The number of nitrogens with one attached hydrogen (secondary N) is 1. The fraction of sp³-hybridized carbons (Fsp3) is 0.286. The molecule has 5 nitrogen and oxygen atoms in total. The van der Waals surface area contributed by atoms with E-state index in [1.54, 1.807) is 18.2 Å². The van der Waals surface area contributed by atoms with E-state index >= 15 is 0 Å². The van der Waals surface area contributed by atoms with Crippen molar-refractivity contribution < 1.29 is 8.78 Å². The lowest BCUT2D eigenvalue weighted by molar-refractivity contribution is 0.289. The number of nitrogens with zero attached hydrogens (tertiary/aromatic N) is 3. The van der Waals surface area contributed by atoms with Gasteiger partial charge in [-0.1, -0.05) is 19.1 Å². The largest absolute Gasteiger partial charge is 0.317 e. The minimum atomic E-state index is -0.431. The molecule has 0 unspecified atom stereocenters. The van der Waals surface area contributed by atoms with Crippen molar-refractivity contribution in [3.63, 3.8) is 0 Å². The van der Waals surface area contributed by atoms with E-state index in [0.717, 1.165) is 24.2 Å². The van der Waals surface area contributed by atoms with Crippen LogP contribution in [0.3, 0.4) is 0 Å². The van der Waals surface area contributed by atoms with Crippen molar-refractivity contribution in [2.75, 3.05) is 13.1 Å². The molecule has 3 heterocycles. The van der Waals surface area contributed by atoms with Crippen molar-refractivity contribution >= 4 is 16.6 Å². The van der Waals surface area contributed by atoms with Gasteiger partial charge in [0.1, 0.15) is 17.0 Å². The Labute approximate surface area is 160 Å². The molecular weight excluding hydrogens is 362 g/mol. The summed E-state index contributed by atoms with van der Waals surface area (Å²) in [5.41, 5.74) is 3.03. The van der Waals surface area contributed by atoms with E-state index in [0.29, 0.717) is 36.3 Å². The van der Waals surface area contributed by atoms with Gasteiger partial charge >= 0.3 is 0 Å². The summed E-state index contributed by atoms with van der Waals surface area (Å²) in [7, 11) is 0. The molecule has 3 aromatic rings. The van der Waals surface area contributed by atoms with Crippen LogP contribution >= 0.6 is 0 Å². The molecule has 7 heteroatoms. The number of aryl methyl sites for hydroxylation is 1.